The van der Waals surface area contributed by atoms with Crippen LogP contribution in [-0.2, 0) is 0 Å². The molecule has 0 spiro atoms. The highest BCUT2D eigenvalue weighted by molar-refractivity contribution is 5.98. The first-order chi connectivity index (χ1) is 12.2. The number of benzene rings is 2. The van der Waals surface area contributed by atoms with Gasteiger partial charge in [-0.05, 0) is 43.7 Å². The number of rotatable bonds is 6. The van der Waals surface area contributed by atoms with Crippen molar-refractivity contribution in [3.8, 4) is 0 Å². The number of hydrazone groups is 1. The smallest absolute Gasteiger partial charge is 0.287 e. The van der Waals surface area contributed by atoms with Crippen molar-refractivity contribution in [2.45, 2.75) is 13.8 Å². The Hall–Kier alpha value is -3.08. The van der Waals surface area contributed by atoms with Crippen LogP contribution in [0.25, 0.3) is 10.9 Å². The minimum absolute atomic E-state index is 0.257. The van der Waals surface area contributed by atoms with Gasteiger partial charge in [0, 0.05) is 29.7 Å². The summed E-state index contributed by atoms with van der Waals surface area (Å²) < 4.78 is 0. The van der Waals surface area contributed by atoms with Crippen LogP contribution < -0.4 is 10.3 Å². The highest BCUT2D eigenvalue weighted by Crippen LogP contribution is 2.15. The van der Waals surface area contributed by atoms with E-state index in [0.717, 1.165) is 29.6 Å². The van der Waals surface area contributed by atoms with Crippen molar-refractivity contribution in [3.63, 3.8) is 0 Å². The third-order valence-electron chi connectivity index (χ3n) is 4.18. The van der Waals surface area contributed by atoms with Gasteiger partial charge >= 0.3 is 0 Å². The molecule has 0 aliphatic rings. The average Bonchev–Trinajstić information content (AvgIpc) is 3.08. The van der Waals surface area contributed by atoms with Gasteiger partial charge in [-0.15, -0.1) is 0 Å². The molecule has 128 valence electrons. The number of hydrogen-bond acceptors (Lipinski definition) is 3. The van der Waals surface area contributed by atoms with E-state index in [1.807, 2.05) is 42.5 Å². The minimum Gasteiger partial charge on any atom is -0.372 e. The lowest BCUT2D eigenvalue weighted by Crippen LogP contribution is -2.21. The number of nitrogens with zero attached hydrogens (tertiary/aromatic N) is 2. The number of anilines is 1. The molecule has 3 aromatic rings. The summed E-state index contributed by atoms with van der Waals surface area (Å²) in [7, 11) is 0. The molecule has 0 aliphatic heterocycles. The minimum atomic E-state index is -0.257. The SMILES string of the molecule is CCN(CC)c1ccc(/C=N\NC(=O)c2cc3ccccc3[nH]2)cc1. The molecule has 5 nitrogen and oxygen atoms in total. The lowest BCUT2D eigenvalue weighted by molar-refractivity contribution is 0.0951. The van der Waals surface area contributed by atoms with Crippen LogP contribution in [0.1, 0.15) is 29.9 Å². The van der Waals surface area contributed by atoms with Gasteiger partial charge in [0.05, 0.1) is 6.21 Å². The Morgan fingerprint density at radius 3 is 2.52 bits per heavy atom. The van der Waals surface area contributed by atoms with Crippen LogP contribution in [0.3, 0.4) is 0 Å². The van der Waals surface area contributed by atoms with Crippen molar-refractivity contribution in [1.82, 2.24) is 10.4 Å². The number of aromatic amines is 1. The third kappa shape index (κ3) is 3.88. The molecule has 0 atom stereocenters. The topological polar surface area (TPSA) is 60.5 Å². The maximum atomic E-state index is 12.2. The summed E-state index contributed by atoms with van der Waals surface area (Å²) in [5, 5.41) is 5.05. The van der Waals surface area contributed by atoms with Gasteiger partial charge < -0.3 is 9.88 Å². The monoisotopic (exact) mass is 334 g/mol. The van der Waals surface area contributed by atoms with Gasteiger partial charge in [0.2, 0.25) is 0 Å². The highest BCUT2D eigenvalue weighted by atomic mass is 16.2. The summed E-state index contributed by atoms with van der Waals surface area (Å²) in [6, 6.07) is 17.7. The zero-order chi connectivity index (χ0) is 17.6. The predicted molar refractivity (Wildman–Crippen MR) is 103 cm³/mol. The average molecular weight is 334 g/mol. The van der Waals surface area contributed by atoms with E-state index in [1.54, 1.807) is 6.21 Å². The van der Waals surface area contributed by atoms with Gasteiger partial charge in [0.25, 0.3) is 5.91 Å². The lowest BCUT2D eigenvalue weighted by atomic mass is 10.2. The highest BCUT2D eigenvalue weighted by Gasteiger charge is 2.07. The van der Waals surface area contributed by atoms with Crippen molar-refractivity contribution in [2.24, 2.45) is 5.10 Å². The normalized spacial score (nSPS) is 11.1. The number of hydrogen-bond donors (Lipinski definition) is 2. The molecule has 0 aliphatic carbocycles. The fourth-order valence-electron chi connectivity index (χ4n) is 2.78. The number of para-hydroxylation sites is 1. The molecule has 0 saturated heterocycles. The first-order valence-corrected chi connectivity index (χ1v) is 8.47. The molecule has 1 amide bonds. The Kier molecular flexibility index (Phi) is 5.14. The molecule has 0 unspecified atom stereocenters. The number of H-pyrrole nitrogens is 1. The molecule has 0 radical (unpaired) electrons. The molecule has 1 aromatic heterocycles. The first-order valence-electron chi connectivity index (χ1n) is 8.47. The fourth-order valence-corrected chi connectivity index (χ4v) is 2.78. The van der Waals surface area contributed by atoms with E-state index in [-0.39, 0.29) is 5.91 Å². The molecule has 5 heteroatoms. The third-order valence-corrected chi connectivity index (χ3v) is 4.18. The summed E-state index contributed by atoms with van der Waals surface area (Å²) in [5.41, 5.74) is 6.11. The lowest BCUT2D eigenvalue weighted by Gasteiger charge is -2.20. The van der Waals surface area contributed by atoms with Crippen molar-refractivity contribution >= 4 is 28.7 Å². The van der Waals surface area contributed by atoms with E-state index >= 15 is 0 Å². The Bertz CT molecular complexity index is 843. The Balaban J connectivity index is 1.63. The van der Waals surface area contributed by atoms with Gasteiger partial charge in [0.1, 0.15) is 5.69 Å². The summed E-state index contributed by atoms with van der Waals surface area (Å²) >= 11 is 0. The number of nitrogens with one attached hydrogen (secondary N) is 2. The van der Waals surface area contributed by atoms with E-state index < -0.39 is 0 Å². The number of fused-ring (bicyclic) bond motifs is 1. The standard InChI is InChI=1S/C20H22N4O/c1-3-24(4-2)17-11-9-15(10-12-17)14-21-23-20(25)19-13-16-7-5-6-8-18(16)22-19/h5-14,22H,3-4H2,1-2H3,(H,23,25)/b21-14-. The van der Waals surface area contributed by atoms with Crippen LogP contribution in [0.5, 0.6) is 0 Å². The number of amides is 1. The van der Waals surface area contributed by atoms with Crippen LogP contribution in [0, 0.1) is 0 Å². The first kappa shape index (κ1) is 16.8. The fraction of sp³-hybridized carbons (Fsp3) is 0.200. The van der Waals surface area contributed by atoms with Gasteiger partial charge in [0.15, 0.2) is 0 Å². The largest absolute Gasteiger partial charge is 0.372 e. The molecule has 0 fully saturated rings. The van der Waals surface area contributed by atoms with Crippen molar-refractivity contribution in [3.05, 3.63) is 65.9 Å². The molecule has 2 aromatic carbocycles. The Morgan fingerprint density at radius 1 is 1.12 bits per heavy atom. The number of carbonyl (C=O) groups is 1. The molecule has 0 bridgehead atoms. The summed E-state index contributed by atoms with van der Waals surface area (Å²) in [4.78, 5) is 17.5. The van der Waals surface area contributed by atoms with Crippen LogP contribution in [0.4, 0.5) is 5.69 Å². The molecule has 0 saturated carbocycles. The van der Waals surface area contributed by atoms with E-state index in [2.05, 4.69) is 46.4 Å². The summed E-state index contributed by atoms with van der Waals surface area (Å²) in [6.07, 6.45) is 1.65. The van der Waals surface area contributed by atoms with Gasteiger partial charge in [-0.25, -0.2) is 5.43 Å². The zero-order valence-corrected chi connectivity index (χ0v) is 14.5. The molecular formula is C20H22N4O. The van der Waals surface area contributed by atoms with E-state index in [0.29, 0.717) is 5.69 Å². The molecular weight excluding hydrogens is 312 g/mol. The summed E-state index contributed by atoms with van der Waals surface area (Å²) in [5.74, 6) is -0.257. The van der Waals surface area contributed by atoms with E-state index in [4.69, 9.17) is 0 Å². The van der Waals surface area contributed by atoms with Crippen molar-refractivity contribution in [1.29, 1.82) is 0 Å². The van der Waals surface area contributed by atoms with Gasteiger partial charge in [-0.1, -0.05) is 30.3 Å². The zero-order valence-electron chi connectivity index (χ0n) is 14.5. The second kappa shape index (κ2) is 7.66. The molecule has 2 N–H and O–H groups in total. The predicted octanol–water partition coefficient (Wildman–Crippen LogP) is 3.78. The van der Waals surface area contributed by atoms with Crippen molar-refractivity contribution < 1.29 is 4.79 Å². The molecule has 3 rings (SSSR count). The Morgan fingerprint density at radius 2 is 1.84 bits per heavy atom. The quantitative estimate of drug-likeness (QED) is 0.532. The second-order valence-corrected chi connectivity index (χ2v) is 5.73. The second-order valence-electron chi connectivity index (χ2n) is 5.73. The van der Waals surface area contributed by atoms with E-state index in [9.17, 15) is 4.79 Å². The number of aromatic nitrogens is 1. The van der Waals surface area contributed by atoms with Crippen molar-refractivity contribution in [2.75, 3.05) is 18.0 Å². The van der Waals surface area contributed by atoms with Gasteiger partial charge in [-0.3, -0.25) is 4.79 Å². The van der Waals surface area contributed by atoms with Crippen LogP contribution >= 0.6 is 0 Å². The van der Waals surface area contributed by atoms with Crippen LogP contribution in [-0.4, -0.2) is 30.2 Å². The van der Waals surface area contributed by atoms with Crippen LogP contribution in [0.15, 0.2) is 59.7 Å². The van der Waals surface area contributed by atoms with Gasteiger partial charge in [-0.2, -0.15) is 5.10 Å². The maximum Gasteiger partial charge on any atom is 0.287 e. The maximum absolute atomic E-state index is 12.2. The summed E-state index contributed by atoms with van der Waals surface area (Å²) in [6.45, 7) is 6.23. The molecule has 1 heterocycles. The number of carbonyl (C=O) groups excluding carboxylic acids is 1. The Labute approximate surface area is 147 Å². The van der Waals surface area contributed by atoms with E-state index in [1.165, 1.54) is 5.69 Å². The van der Waals surface area contributed by atoms with Crippen LogP contribution in [0.2, 0.25) is 0 Å². The molecule has 25 heavy (non-hydrogen) atoms.